The molecule has 0 amide bonds. The monoisotopic (exact) mass is 450 g/mol. The Balaban J connectivity index is 1.61. The standard InChI is InChI=1S/C26H30F4O2/c1-4-6-16-7-9-17(10-8-16)14-32-21-13-19-18-11-12-20(31-5-2)25(27)23(18)22(19)24(15(21)3)26(28,29)30/h11-13,16-17H,4-10,14H2,1-3H3. The van der Waals surface area contributed by atoms with Gasteiger partial charge in [-0.2, -0.15) is 13.2 Å². The van der Waals surface area contributed by atoms with E-state index in [9.17, 15) is 17.6 Å². The molecule has 0 heterocycles. The van der Waals surface area contributed by atoms with Gasteiger partial charge in [0.2, 0.25) is 0 Å². The third-order valence-corrected chi connectivity index (χ3v) is 6.91. The number of halogens is 4. The highest BCUT2D eigenvalue weighted by Crippen LogP contribution is 2.57. The highest BCUT2D eigenvalue weighted by Gasteiger charge is 2.43. The second-order valence-corrected chi connectivity index (χ2v) is 9.01. The molecule has 2 aliphatic carbocycles. The summed E-state index contributed by atoms with van der Waals surface area (Å²) in [7, 11) is 0. The number of hydrogen-bond acceptors (Lipinski definition) is 2. The molecule has 0 N–H and O–H groups in total. The largest absolute Gasteiger partial charge is 0.493 e. The van der Waals surface area contributed by atoms with Crippen molar-refractivity contribution in [3.63, 3.8) is 0 Å². The van der Waals surface area contributed by atoms with Crippen molar-refractivity contribution in [1.29, 1.82) is 0 Å². The Labute approximate surface area is 186 Å². The first-order valence-corrected chi connectivity index (χ1v) is 11.6. The normalized spacial score (nSPS) is 19.7. The second-order valence-electron chi connectivity index (χ2n) is 9.01. The van der Waals surface area contributed by atoms with Crippen molar-refractivity contribution in [2.24, 2.45) is 11.8 Å². The predicted octanol–water partition coefficient (Wildman–Crippen LogP) is 8.18. The lowest BCUT2D eigenvalue weighted by Gasteiger charge is -2.32. The third-order valence-electron chi connectivity index (χ3n) is 6.91. The lowest BCUT2D eigenvalue weighted by atomic mass is 9.75. The minimum Gasteiger partial charge on any atom is -0.493 e. The molecule has 32 heavy (non-hydrogen) atoms. The molecule has 0 saturated heterocycles. The molecule has 0 aliphatic heterocycles. The van der Waals surface area contributed by atoms with Crippen molar-refractivity contribution in [1.82, 2.24) is 0 Å². The summed E-state index contributed by atoms with van der Waals surface area (Å²) in [5.41, 5.74) is -0.0314. The van der Waals surface area contributed by atoms with E-state index >= 15 is 0 Å². The van der Waals surface area contributed by atoms with Crippen molar-refractivity contribution in [3.8, 4) is 33.8 Å². The zero-order valence-electron chi connectivity index (χ0n) is 18.9. The molecule has 1 fully saturated rings. The molecule has 0 aromatic heterocycles. The minimum atomic E-state index is -4.61. The number of hydrogen-bond donors (Lipinski definition) is 0. The second kappa shape index (κ2) is 8.95. The van der Waals surface area contributed by atoms with Gasteiger partial charge in [-0.1, -0.05) is 32.6 Å². The van der Waals surface area contributed by atoms with Gasteiger partial charge >= 0.3 is 6.18 Å². The Bertz CT molecular complexity index is 989. The average Bonchev–Trinajstić information content (AvgIpc) is 2.73. The van der Waals surface area contributed by atoms with E-state index in [1.165, 1.54) is 25.8 Å². The van der Waals surface area contributed by atoms with E-state index in [0.717, 1.165) is 31.6 Å². The van der Waals surface area contributed by atoms with E-state index in [0.29, 0.717) is 23.7 Å². The molecule has 2 aliphatic rings. The Morgan fingerprint density at radius 3 is 2.22 bits per heavy atom. The van der Waals surface area contributed by atoms with Crippen LogP contribution in [0.3, 0.4) is 0 Å². The van der Waals surface area contributed by atoms with Crippen LogP contribution in [0.2, 0.25) is 0 Å². The van der Waals surface area contributed by atoms with E-state index in [2.05, 4.69) is 6.92 Å². The van der Waals surface area contributed by atoms with Gasteiger partial charge < -0.3 is 9.47 Å². The summed E-state index contributed by atoms with van der Waals surface area (Å²) in [6, 6.07) is 4.74. The molecule has 2 aromatic rings. The molecule has 1 saturated carbocycles. The summed E-state index contributed by atoms with van der Waals surface area (Å²) in [5.74, 6) is 0.605. The first kappa shape index (κ1) is 22.9. The van der Waals surface area contributed by atoms with Crippen LogP contribution >= 0.6 is 0 Å². The summed E-state index contributed by atoms with van der Waals surface area (Å²) >= 11 is 0. The molecule has 4 rings (SSSR count). The summed E-state index contributed by atoms with van der Waals surface area (Å²) < 4.78 is 68.4. The molecule has 0 radical (unpaired) electrons. The van der Waals surface area contributed by atoms with Crippen LogP contribution in [0, 0.1) is 24.6 Å². The zero-order chi connectivity index (χ0) is 23.0. The van der Waals surface area contributed by atoms with E-state index < -0.39 is 17.6 Å². The first-order valence-electron chi connectivity index (χ1n) is 11.6. The zero-order valence-corrected chi connectivity index (χ0v) is 18.9. The predicted molar refractivity (Wildman–Crippen MR) is 118 cm³/mol. The first-order chi connectivity index (χ1) is 15.3. The lowest BCUT2D eigenvalue weighted by Crippen LogP contribution is -2.21. The van der Waals surface area contributed by atoms with Crippen LogP contribution in [0.5, 0.6) is 11.5 Å². The van der Waals surface area contributed by atoms with Crippen LogP contribution < -0.4 is 9.47 Å². The Morgan fingerprint density at radius 2 is 1.59 bits per heavy atom. The Hall–Kier alpha value is -2.24. The maximum atomic E-state index is 14.9. The SMILES string of the molecule is CCCC1CCC(COc2cc3c(c(C(F)(F)F)c2C)-c2c-3ccc(OCC)c2F)CC1. The molecule has 0 spiro atoms. The average molecular weight is 451 g/mol. The molecule has 2 nitrogen and oxygen atoms in total. The van der Waals surface area contributed by atoms with Gasteiger partial charge in [0.1, 0.15) is 5.75 Å². The van der Waals surface area contributed by atoms with Gasteiger partial charge in [0.05, 0.1) is 18.8 Å². The number of alkyl halides is 3. The Kier molecular flexibility index (Phi) is 6.42. The van der Waals surface area contributed by atoms with Crippen LogP contribution in [-0.4, -0.2) is 13.2 Å². The molecule has 174 valence electrons. The van der Waals surface area contributed by atoms with E-state index in [1.807, 2.05) is 0 Å². The van der Waals surface area contributed by atoms with Gasteiger partial charge in [0.25, 0.3) is 0 Å². The maximum Gasteiger partial charge on any atom is 0.417 e. The van der Waals surface area contributed by atoms with Gasteiger partial charge in [-0.3, -0.25) is 0 Å². The summed E-state index contributed by atoms with van der Waals surface area (Å²) in [6.07, 6.45) is 2.24. The minimum absolute atomic E-state index is 0.0119. The van der Waals surface area contributed by atoms with Crippen LogP contribution in [-0.2, 0) is 6.18 Å². The maximum absolute atomic E-state index is 14.9. The molecular weight excluding hydrogens is 420 g/mol. The fraction of sp³-hybridized carbons (Fsp3) is 0.538. The van der Waals surface area contributed by atoms with Crippen LogP contribution in [0.15, 0.2) is 18.2 Å². The summed E-state index contributed by atoms with van der Waals surface area (Å²) in [6.45, 7) is 5.97. The molecule has 2 aromatic carbocycles. The highest BCUT2D eigenvalue weighted by atomic mass is 19.4. The van der Waals surface area contributed by atoms with Crippen molar-refractivity contribution in [2.75, 3.05) is 13.2 Å². The molecular formula is C26H30F4O2. The highest BCUT2D eigenvalue weighted by molar-refractivity contribution is 6.06. The fourth-order valence-corrected chi connectivity index (χ4v) is 5.27. The fourth-order valence-electron chi connectivity index (χ4n) is 5.27. The molecule has 0 atom stereocenters. The topological polar surface area (TPSA) is 18.5 Å². The number of ether oxygens (including phenoxy) is 2. The van der Waals surface area contributed by atoms with Gasteiger partial charge in [0, 0.05) is 16.7 Å². The number of rotatable bonds is 7. The smallest absolute Gasteiger partial charge is 0.417 e. The van der Waals surface area contributed by atoms with Gasteiger partial charge in [0.15, 0.2) is 11.6 Å². The molecule has 0 unspecified atom stereocenters. The molecule has 6 heteroatoms. The van der Waals surface area contributed by atoms with Gasteiger partial charge in [-0.05, 0) is 67.9 Å². The number of benzene rings is 2. The summed E-state index contributed by atoms with van der Waals surface area (Å²) in [4.78, 5) is 0. The third kappa shape index (κ3) is 4.08. The Morgan fingerprint density at radius 1 is 0.906 bits per heavy atom. The number of fused-ring (bicyclic) bond motifs is 4. The lowest BCUT2D eigenvalue weighted by molar-refractivity contribution is -0.137. The van der Waals surface area contributed by atoms with Crippen molar-refractivity contribution >= 4 is 0 Å². The van der Waals surface area contributed by atoms with Crippen molar-refractivity contribution in [3.05, 3.63) is 35.1 Å². The quantitative estimate of drug-likeness (QED) is 0.338. The van der Waals surface area contributed by atoms with Gasteiger partial charge in [-0.15, -0.1) is 0 Å². The van der Waals surface area contributed by atoms with Crippen molar-refractivity contribution < 1.29 is 27.0 Å². The van der Waals surface area contributed by atoms with Crippen molar-refractivity contribution in [2.45, 2.75) is 65.5 Å². The van der Waals surface area contributed by atoms with Crippen LogP contribution in [0.4, 0.5) is 17.6 Å². The molecule has 0 bridgehead atoms. The van der Waals surface area contributed by atoms with E-state index in [-0.39, 0.29) is 34.8 Å². The van der Waals surface area contributed by atoms with E-state index in [1.54, 1.807) is 19.1 Å². The van der Waals surface area contributed by atoms with Gasteiger partial charge in [-0.25, -0.2) is 4.39 Å². The van der Waals surface area contributed by atoms with Crippen LogP contribution in [0.1, 0.15) is 63.5 Å². The van der Waals surface area contributed by atoms with Crippen LogP contribution in [0.25, 0.3) is 22.3 Å². The summed E-state index contributed by atoms with van der Waals surface area (Å²) in [5, 5.41) is 0. The van der Waals surface area contributed by atoms with E-state index in [4.69, 9.17) is 9.47 Å².